The monoisotopic (exact) mass is 302 g/mol. The molecule has 1 unspecified atom stereocenters. The van der Waals surface area contributed by atoms with Crippen molar-refractivity contribution in [3.63, 3.8) is 0 Å². The molecule has 104 valence electrons. The SMILES string of the molecule is CC1c2ccsc2CCN1Cc1cc(C#CCN)cs1. The van der Waals surface area contributed by atoms with E-state index in [4.69, 9.17) is 5.73 Å². The molecule has 20 heavy (non-hydrogen) atoms. The fraction of sp³-hybridized carbons (Fsp3) is 0.375. The van der Waals surface area contributed by atoms with E-state index in [1.54, 1.807) is 16.2 Å². The molecule has 0 saturated carbocycles. The summed E-state index contributed by atoms with van der Waals surface area (Å²) in [4.78, 5) is 5.51. The molecule has 1 atom stereocenters. The van der Waals surface area contributed by atoms with Crippen molar-refractivity contribution in [1.82, 2.24) is 4.90 Å². The highest BCUT2D eigenvalue weighted by Gasteiger charge is 2.24. The Morgan fingerprint density at radius 3 is 3.20 bits per heavy atom. The number of hydrogen-bond donors (Lipinski definition) is 1. The van der Waals surface area contributed by atoms with Crippen LogP contribution in [0.1, 0.15) is 33.8 Å². The van der Waals surface area contributed by atoms with Gasteiger partial charge in [0, 0.05) is 39.8 Å². The smallest absolute Gasteiger partial charge is 0.0555 e. The van der Waals surface area contributed by atoms with Crippen LogP contribution in [0.2, 0.25) is 0 Å². The molecule has 3 heterocycles. The van der Waals surface area contributed by atoms with Gasteiger partial charge in [0.15, 0.2) is 0 Å². The molecule has 0 amide bonds. The van der Waals surface area contributed by atoms with Gasteiger partial charge in [0.1, 0.15) is 0 Å². The molecule has 0 saturated heterocycles. The number of fused-ring (bicyclic) bond motifs is 1. The van der Waals surface area contributed by atoms with Gasteiger partial charge in [-0.05, 0) is 36.4 Å². The van der Waals surface area contributed by atoms with Crippen LogP contribution < -0.4 is 5.73 Å². The van der Waals surface area contributed by atoms with Crippen molar-refractivity contribution in [3.8, 4) is 11.8 Å². The third-order valence-electron chi connectivity index (χ3n) is 3.75. The molecule has 3 rings (SSSR count). The second-order valence-electron chi connectivity index (χ2n) is 5.00. The fourth-order valence-electron chi connectivity index (χ4n) is 2.66. The minimum Gasteiger partial charge on any atom is -0.320 e. The van der Waals surface area contributed by atoms with E-state index in [2.05, 4.69) is 46.6 Å². The molecule has 0 radical (unpaired) electrons. The van der Waals surface area contributed by atoms with Gasteiger partial charge in [0.25, 0.3) is 0 Å². The zero-order chi connectivity index (χ0) is 13.9. The summed E-state index contributed by atoms with van der Waals surface area (Å²) in [6.07, 6.45) is 1.18. The summed E-state index contributed by atoms with van der Waals surface area (Å²) in [5.74, 6) is 6.02. The molecule has 1 aliphatic rings. The van der Waals surface area contributed by atoms with E-state index in [9.17, 15) is 0 Å². The van der Waals surface area contributed by atoms with Crippen LogP contribution in [-0.4, -0.2) is 18.0 Å². The Morgan fingerprint density at radius 1 is 1.45 bits per heavy atom. The topological polar surface area (TPSA) is 29.3 Å². The molecule has 0 spiro atoms. The number of nitrogens with zero attached hydrogens (tertiary/aromatic N) is 1. The molecule has 0 aromatic carbocycles. The Morgan fingerprint density at radius 2 is 2.35 bits per heavy atom. The molecule has 0 bridgehead atoms. The van der Waals surface area contributed by atoms with E-state index in [1.807, 2.05) is 11.3 Å². The second kappa shape index (κ2) is 6.11. The van der Waals surface area contributed by atoms with Crippen molar-refractivity contribution in [1.29, 1.82) is 0 Å². The highest BCUT2D eigenvalue weighted by atomic mass is 32.1. The van der Waals surface area contributed by atoms with Crippen LogP contribution in [0, 0.1) is 11.8 Å². The highest BCUT2D eigenvalue weighted by Crippen LogP contribution is 2.34. The largest absolute Gasteiger partial charge is 0.320 e. The van der Waals surface area contributed by atoms with Crippen LogP contribution in [0.3, 0.4) is 0 Å². The molecule has 0 aliphatic carbocycles. The Labute approximate surface area is 128 Å². The van der Waals surface area contributed by atoms with Crippen LogP contribution in [0.25, 0.3) is 0 Å². The fourth-order valence-corrected chi connectivity index (χ4v) is 4.46. The van der Waals surface area contributed by atoms with E-state index in [0.29, 0.717) is 12.6 Å². The van der Waals surface area contributed by atoms with Crippen LogP contribution in [0.5, 0.6) is 0 Å². The quantitative estimate of drug-likeness (QED) is 0.863. The summed E-state index contributed by atoms with van der Waals surface area (Å²) in [6.45, 7) is 4.91. The first-order valence-electron chi connectivity index (χ1n) is 6.84. The molecule has 4 heteroatoms. The second-order valence-corrected chi connectivity index (χ2v) is 7.00. The lowest BCUT2D eigenvalue weighted by molar-refractivity contribution is 0.193. The first-order chi connectivity index (χ1) is 9.78. The molecule has 2 nitrogen and oxygen atoms in total. The molecule has 2 N–H and O–H groups in total. The summed E-state index contributed by atoms with van der Waals surface area (Å²) in [6, 6.07) is 5.00. The first-order valence-corrected chi connectivity index (χ1v) is 8.60. The molecule has 0 fully saturated rings. The Kier molecular flexibility index (Phi) is 4.23. The minimum atomic E-state index is 0.426. The average Bonchev–Trinajstić information content (AvgIpc) is 3.09. The predicted molar refractivity (Wildman–Crippen MR) is 87.1 cm³/mol. The lowest BCUT2D eigenvalue weighted by atomic mass is 10.0. The minimum absolute atomic E-state index is 0.426. The van der Waals surface area contributed by atoms with E-state index in [0.717, 1.165) is 18.7 Å². The van der Waals surface area contributed by atoms with Gasteiger partial charge in [-0.15, -0.1) is 22.7 Å². The zero-order valence-electron chi connectivity index (χ0n) is 11.6. The third-order valence-corrected chi connectivity index (χ3v) is 5.67. The average molecular weight is 302 g/mol. The zero-order valence-corrected chi connectivity index (χ0v) is 13.2. The normalized spacial score (nSPS) is 18.4. The summed E-state index contributed by atoms with van der Waals surface area (Å²) >= 11 is 3.69. The molecule has 1 aliphatic heterocycles. The van der Waals surface area contributed by atoms with Crippen LogP contribution >= 0.6 is 22.7 Å². The maximum atomic E-state index is 5.41. The van der Waals surface area contributed by atoms with Gasteiger partial charge < -0.3 is 5.73 Å². The molecule has 2 aromatic rings. The standard InChI is InChI=1S/C16H18N2S2/c1-12-15-5-8-19-16(15)4-7-18(12)10-14-9-13(11-20-14)3-2-6-17/h5,8-9,11-12H,4,6-7,10,17H2,1H3. The third kappa shape index (κ3) is 2.82. The van der Waals surface area contributed by atoms with E-state index in [-0.39, 0.29) is 0 Å². The van der Waals surface area contributed by atoms with E-state index < -0.39 is 0 Å². The van der Waals surface area contributed by atoms with Crippen molar-refractivity contribution in [2.75, 3.05) is 13.1 Å². The van der Waals surface area contributed by atoms with Gasteiger partial charge in [-0.25, -0.2) is 0 Å². The van der Waals surface area contributed by atoms with E-state index >= 15 is 0 Å². The summed E-state index contributed by atoms with van der Waals surface area (Å²) in [5.41, 5.74) is 8.02. The van der Waals surface area contributed by atoms with Gasteiger partial charge in [-0.2, -0.15) is 0 Å². The van der Waals surface area contributed by atoms with Gasteiger partial charge in [0.2, 0.25) is 0 Å². The maximum absolute atomic E-state index is 5.41. The molecule has 2 aromatic heterocycles. The van der Waals surface area contributed by atoms with Crippen LogP contribution in [0.15, 0.2) is 22.9 Å². The number of nitrogens with two attached hydrogens (primary N) is 1. The van der Waals surface area contributed by atoms with Gasteiger partial charge >= 0.3 is 0 Å². The van der Waals surface area contributed by atoms with Crippen molar-refractivity contribution in [2.45, 2.75) is 25.9 Å². The Hall–Kier alpha value is -1.12. The number of rotatable bonds is 2. The predicted octanol–water partition coefficient (Wildman–Crippen LogP) is 3.24. The number of thiophene rings is 2. The Bertz CT molecular complexity index is 645. The Balaban J connectivity index is 1.71. The first kappa shape index (κ1) is 13.8. The number of hydrogen-bond acceptors (Lipinski definition) is 4. The van der Waals surface area contributed by atoms with Crippen molar-refractivity contribution in [3.05, 3.63) is 43.8 Å². The molecular weight excluding hydrogens is 284 g/mol. The van der Waals surface area contributed by atoms with Crippen molar-refractivity contribution >= 4 is 22.7 Å². The lowest BCUT2D eigenvalue weighted by Gasteiger charge is -2.33. The van der Waals surface area contributed by atoms with Gasteiger partial charge in [-0.1, -0.05) is 11.8 Å². The van der Waals surface area contributed by atoms with Crippen molar-refractivity contribution < 1.29 is 0 Å². The van der Waals surface area contributed by atoms with Gasteiger partial charge in [0.05, 0.1) is 6.54 Å². The summed E-state index contributed by atoms with van der Waals surface area (Å²) in [5, 5.41) is 4.35. The summed E-state index contributed by atoms with van der Waals surface area (Å²) in [7, 11) is 0. The van der Waals surface area contributed by atoms with E-state index in [1.165, 1.54) is 16.9 Å². The van der Waals surface area contributed by atoms with Crippen LogP contribution in [-0.2, 0) is 13.0 Å². The van der Waals surface area contributed by atoms with Crippen molar-refractivity contribution in [2.24, 2.45) is 5.73 Å². The summed E-state index contributed by atoms with van der Waals surface area (Å²) < 4.78 is 0. The lowest BCUT2D eigenvalue weighted by Crippen LogP contribution is -2.32. The maximum Gasteiger partial charge on any atom is 0.0555 e. The molecular formula is C16H18N2S2. The highest BCUT2D eigenvalue weighted by molar-refractivity contribution is 7.10. The van der Waals surface area contributed by atoms with Gasteiger partial charge in [-0.3, -0.25) is 4.90 Å². The van der Waals surface area contributed by atoms with Crippen LogP contribution in [0.4, 0.5) is 0 Å².